The second-order valence-electron chi connectivity index (χ2n) is 6.46. The van der Waals surface area contributed by atoms with Crippen molar-refractivity contribution in [3.8, 4) is 0 Å². The number of aliphatic hydroxyl groups excluding tert-OH is 2. The third-order valence-corrected chi connectivity index (χ3v) is 4.54. The van der Waals surface area contributed by atoms with E-state index in [9.17, 15) is 19.4 Å². The Balaban J connectivity index is 1.80. The van der Waals surface area contributed by atoms with E-state index in [-0.39, 0.29) is 38.2 Å². The first-order chi connectivity index (χ1) is 12.1. The lowest BCUT2D eigenvalue weighted by Gasteiger charge is -2.32. The van der Waals surface area contributed by atoms with Crippen molar-refractivity contribution in [3.63, 3.8) is 0 Å². The van der Waals surface area contributed by atoms with Crippen LogP contribution in [0.5, 0.6) is 0 Å². The molecule has 2 amide bonds. The molecular formula is C18H28FN3O3. The summed E-state index contributed by atoms with van der Waals surface area (Å²) >= 11 is 0. The van der Waals surface area contributed by atoms with Gasteiger partial charge in [-0.25, -0.2) is 9.18 Å². The fraction of sp³-hybridized carbons (Fsp3) is 0.611. The molecule has 0 spiro atoms. The maximum absolute atomic E-state index is 13.8. The Morgan fingerprint density at radius 2 is 2.16 bits per heavy atom. The van der Waals surface area contributed by atoms with Gasteiger partial charge in [0.05, 0.1) is 13.2 Å². The minimum atomic E-state index is -0.360. The van der Waals surface area contributed by atoms with Crippen LogP contribution in [0.25, 0.3) is 0 Å². The second kappa shape index (κ2) is 10.3. The highest BCUT2D eigenvalue weighted by Crippen LogP contribution is 2.15. The summed E-state index contributed by atoms with van der Waals surface area (Å²) in [4.78, 5) is 16.0. The highest BCUT2D eigenvalue weighted by molar-refractivity contribution is 5.74. The molecule has 1 heterocycles. The Hall–Kier alpha value is -1.70. The molecule has 2 rings (SSSR count). The van der Waals surface area contributed by atoms with Crippen molar-refractivity contribution < 1.29 is 19.4 Å². The van der Waals surface area contributed by atoms with Crippen LogP contribution in [-0.4, -0.2) is 72.0 Å². The van der Waals surface area contributed by atoms with E-state index in [1.807, 2.05) is 0 Å². The molecule has 1 aromatic carbocycles. The molecule has 1 fully saturated rings. The van der Waals surface area contributed by atoms with Crippen molar-refractivity contribution in [2.75, 3.05) is 45.9 Å². The predicted octanol–water partition coefficient (Wildman–Crippen LogP) is 1.03. The van der Waals surface area contributed by atoms with Gasteiger partial charge in [-0.05, 0) is 31.4 Å². The number of amides is 2. The molecule has 1 aromatic rings. The Bertz CT molecular complexity index is 544. The molecule has 25 heavy (non-hydrogen) atoms. The minimum absolute atomic E-state index is 0.120. The smallest absolute Gasteiger partial charge is 0.317 e. The molecule has 7 heteroatoms. The molecule has 1 saturated heterocycles. The van der Waals surface area contributed by atoms with Crippen LogP contribution in [0.2, 0.25) is 0 Å². The lowest BCUT2D eigenvalue weighted by Crippen LogP contribution is -2.45. The number of halogens is 1. The quantitative estimate of drug-likeness (QED) is 0.653. The molecule has 1 aliphatic heterocycles. The number of rotatable bonds is 8. The molecule has 0 bridgehead atoms. The van der Waals surface area contributed by atoms with Crippen LogP contribution in [-0.2, 0) is 6.54 Å². The summed E-state index contributed by atoms with van der Waals surface area (Å²) in [5.74, 6) is -0.0435. The third-order valence-electron chi connectivity index (χ3n) is 4.54. The topological polar surface area (TPSA) is 76.0 Å². The van der Waals surface area contributed by atoms with Gasteiger partial charge in [0.2, 0.25) is 0 Å². The SMILES string of the molecule is O=C(NCCN1CCC[C@H](CO)C1)N(CCO)Cc1ccccc1F. The summed E-state index contributed by atoms with van der Waals surface area (Å²) in [7, 11) is 0. The second-order valence-corrected chi connectivity index (χ2v) is 6.46. The van der Waals surface area contributed by atoms with Gasteiger partial charge >= 0.3 is 6.03 Å². The summed E-state index contributed by atoms with van der Waals surface area (Å²) in [5.41, 5.74) is 0.424. The number of hydrogen-bond donors (Lipinski definition) is 3. The van der Waals surface area contributed by atoms with Gasteiger partial charge in [-0.1, -0.05) is 18.2 Å². The van der Waals surface area contributed by atoms with Gasteiger partial charge in [0.1, 0.15) is 5.82 Å². The van der Waals surface area contributed by atoms with Crippen molar-refractivity contribution in [3.05, 3.63) is 35.6 Å². The van der Waals surface area contributed by atoms with Crippen LogP contribution < -0.4 is 5.32 Å². The van der Waals surface area contributed by atoms with Crippen LogP contribution in [0.4, 0.5) is 9.18 Å². The Kier molecular flexibility index (Phi) is 8.11. The summed E-state index contributed by atoms with van der Waals surface area (Å²) in [6, 6.07) is 6.01. The van der Waals surface area contributed by atoms with Crippen LogP contribution in [0.1, 0.15) is 18.4 Å². The van der Waals surface area contributed by atoms with Gasteiger partial charge in [0.25, 0.3) is 0 Å². The van der Waals surface area contributed by atoms with Crippen molar-refractivity contribution in [2.45, 2.75) is 19.4 Å². The molecule has 3 N–H and O–H groups in total. The number of likely N-dealkylation sites (tertiary alicyclic amines) is 1. The number of aliphatic hydroxyl groups is 2. The molecular weight excluding hydrogens is 325 g/mol. The zero-order valence-electron chi connectivity index (χ0n) is 14.5. The summed E-state index contributed by atoms with van der Waals surface area (Å²) in [5, 5.41) is 21.3. The van der Waals surface area contributed by atoms with Crippen molar-refractivity contribution in [2.24, 2.45) is 5.92 Å². The van der Waals surface area contributed by atoms with Gasteiger partial charge < -0.3 is 25.3 Å². The maximum atomic E-state index is 13.8. The van der Waals surface area contributed by atoms with Gasteiger partial charge in [-0.15, -0.1) is 0 Å². The number of carbonyl (C=O) groups excluding carboxylic acids is 1. The van der Waals surface area contributed by atoms with Crippen LogP contribution >= 0.6 is 0 Å². The van der Waals surface area contributed by atoms with Gasteiger partial charge in [0.15, 0.2) is 0 Å². The lowest BCUT2D eigenvalue weighted by molar-refractivity contribution is 0.120. The van der Waals surface area contributed by atoms with Gasteiger partial charge in [-0.3, -0.25) is 0 Å². The van der Waals surface area contributed by atoms with E-state index in [0.29, 0.717) is 18.0 Å². The molecule has 0 aromatic heterocycles. The van der Waals surface area contributed by atoms with Crippen molar-refractivity contribution in [1.29, 1.82) is 0 Å². The standard InChI is InChI=1S/C18H28FN3O3/c19-17-6-2-1-5-16(17)13-22(10-11-23)18(25)20-7-9-21-8-3-4-15(12-21)14-24/h1-2,5-6,15,23-24H,3-4,7-14H2,(H,20,25)/t15-/m0/s1. The number of hydrogen-bond acceptors (Lipinski definition) is 4. The molecule has 1 atom stereocenters. The Morgan fingerprint density at radius 3 is 2.88 bits per heavy atom. The van der Waals surface area contributed by atoms with Crippen LogP contribution in [0, 0.1) is 11.7 Å². The first kappa shape index (κ1) is 19.6. The van der Waals surface area contributed by atoms with E-state index in [4.69, 9.17) is 0 Å². The largest absolute Gasteiger partial charge is 0.396 e. The van der Waals surface area contributed by atoms with Crippen LogP contribution in [0.3, 0.4) is 0 Å². The van der Waals surface area contributed by atoms with Crippen LogP contribution in [0.15, 0.2) is 24.3 Å². The van der Waals surface area contributed by atoms with Gasteiger partial charge in [-0.2, -0.15) is 0 Å². The van der Waals surface area contributed by atoms with E-state index in [0.717, 1.165) is 32.5 Å². The molecule has 0 unspecified atom stereocenters. The summed E-state index contributed by atoms with van der Waals surface area (Å²) in [6.45, 7) is 3.32. The molecule has 0 saturated carbocycles. The zero-order valence-corrected chi connectivity index (χ0v) is 14.5. The summed E-state index contributed by atoms with van der Waals surface area (Å²) in [6.07, 6.45) is 2.11. The third kappa shape index (κ3) is 6.26. The fourth-order valence-corrected chi connectivity index (χ4v) is 3.14. The Labute approximate surface area is 148 Å². The van der Waals surface area contributed by atoms with E-state index in [1.165, 1.54) is 11.0 Å². The molecule has 0 aliphatic carbocycles. The normalized spacial score (nSPS) is 18.1. The molecule has 140 valence electrons. The fourth-order valence-electron chi connectivity index (χ4n) is 3.14. The zero-order chi connectivity index (χ0) is 18.1. The van der Waals surface area contributed by atoms with E-state index in [1.54, 1.807) is 18.2 Å². The van der Waals surface area contributed by atoms with Crippen molar-refractivity contribution in [1.82, 2.24) is 15.1 Å². The molecule has 1 aliphatic rings. The van der Waals surface area contributed by atoms with Crippen molar-refractivity contribution >= 4 is 6.03 Å². The first-order valence-electron chi connectivity index (χ1n) is 8.84. The molecule has 6 nitrogen and oxygen atoms in total. The minimum Gasteiger partial charge on any atom is -0.396 e. The predicted molar refractivity (Wildman–Crippen MR) is 93.5 cm³/mol. The lowest BCUT2D eigenvalue weighted by atomic mass is 9.99. The maximum Gasteiger partial charge on any atom is 0.317 e. The monoisotopic (exact) mass is 353 g/mol. The highest BCUT2D eigenvalue weighted by Gasteiger charge is 2.19. The summed E-state index contributed by atoms with van der Waals surface area (Å²) < 4.78 is 13.8. The van der Waals surface area contributed by atoms with Gasteiger partial charge in [0, 0.05) is 38.3 Å². The average molecular weight is 353 g/mol. The first-order valence-corrected chi connectivity index (χ1v) is 8.84. The van der Waals surface area contributed by atoms with E-state index >= 15 is 0 Å². The average Bonchev–Trinajstić information content (AvgIpc) is 2.63. The molecule has 0 radical (unpaired) electrons. The number of nitrogens with one attached hydrogen (secondary N) is 1. The number of benzene rings is 1. The number of nitrogens with zero attached hydrogens (tertiary/aromatic N) is 2. The van der Waals surface area contributed by atoms with E-state index in [2.05, 4.69) is 10.2 Å². The highest BCUT2D eigenvalue weighted by atomic mass is 19.1. The van der Waals surface area contributed by atoms with E-state index < -0.39 is 0 Å². The number of piperidine rings is 1. The number of carbonyl (C=O) groups is 1. The Morgan fingerprint density at radius 1 is 1.36 bits per heavy atom. The number of urea groups is 1.